The minimum Gasteiger partial charge on any atom is -0.383 e. The van der Waals surface area contributed by atoms with Crippen molar-refractivity contribution in [3.05, 3.63) is 29.6 Å². The number of rotatable bonds is 4. The van der Waals surface area contributed by atoms with Gasteiger partial charge in [-0.2, -0.15) is 0 Å². The summed E-state index contributed by atoms with van der Waals surface area (Å²) in [7, 11) is 1.97. The summed E-state index contributed by atoms with van der Waals surface area (Å²) in [4.78, 5) is 0. The molecule has 74 valence electrons. The molecule has 0 aliphatic rings. The first-order chi connectivity index (χ1) is 6.92. The first-order valence-corrected chi connectivity index (χ1v) is 5.64. The van der Waals surface area contributed by atoms with Crippen molar-refractivity contribution in [3.63, 3.8) is 0 Å². The van der Waals surface area contributed by atoms with Gasteiger partial charge in [-0.3, -0.25) is 0 Å². The minimum atomic E-state index is 0.964. The highest BCUT2D eigenvalue weighted by molar-refractivity contribution is 7.17. The van der Waals surface area contributed by atoms with Gasteiger partial charge in [-0.25, -0.2) is 0 Å². The molecule has 0 radical (unpaired) electrons. The Hall–Kier alpha value is -1.06. The van der Waals surface area contributed by atoms with E-state index in [1.54, 1.807) is 11.3 Å². The van der Waals surface area contributed by atoms with Gasteiger partial charge in [0.25, 0.3) is 0 Å². The van der Waals surface area contributed by atoms with Crippen LogP contribution >= 0.6 is 11.3 Å². The van der Waals surface area contributed by atoms with Crippen LogP contribution in [0.4, 0.5) is 5.69 Å². The molecule has 1 aromatic heterocycles. The lowest BCUT2D eigenvalue weighted by Gasteiger charge is -2.06. The third-order valence-corrected chi connectivity index (χ3v) is 3.07. The van der Waals surface area contributed by atoms with Crippen molar-refractivity contribution in [1.82, 2.24) is 5.32 Å². The van der Waals surface area contributed by atoms with Crippen LogP contribution in [-0.2, 0) is 0 Å². The molecule has 3 heteroatoms. The monoisotopic (exact) mass is 206 g/mol. The zero-order chi connectivity index (χ0) is 9.80. The number of hydrogen-bond donors (Lipinski definition) is 2. The summed E-state index contributed by atoms with van der Waals surface area (Å²) in [5.41, 5.74) is 1.24. The van der Waals surface area contributed by atoms with Crippen LogP contribution < -0.4 is 10.6 Å². The normalized spacial score (nSPS) is 10.6. The Morgan fingerprint density at radius 1 is 1.21 bits per heavy atom. The van der Waals surface area contributed by atoms with E-state index in [0.29, 0.717) is 0 Å². The Balaban J connectivity index is 2.19. The molecule has 0 unspecified atom stereocenters. The van der Waals surface area contributed by atoms with Gasteiger partial charge >= 0.3 is 0 Å². The molecule has 0 atom stereocenters. The number of hydrogen-bond acceptors (Lipinski definition) is 3. The van der Waals surface area contributed by atoms with Gasteiger partial charge in [0.05, 0.1) is 0 Å². The summed E-state index contributed by atoms with van der Waals surface area (Å²) in [6, 6.07) is 8.55. The molecule has 1 heterocycles. The number of thiophene rings is 1. The Labute approximate surface area is 87.9 Å². The van der Waals surface area contributed by atoms with Gasteiger partial charge in [-0.1, -0.05) is 6.07 Å². The predicted molar refractivity (Wildman–Crippen MR) is 64.2 cm³/mol. The molecule has 0 amide bonds. The number of likely N-dealkylation sites (N-methyl/N-ethyl adjacent to an activating group) is 1. The third-order valence-electron chi connectivity index (χ3n) is 2.19. The summed E-state index contributed by atoms with van der Waals surface area (Å²) in [5.74, 6) is 0. The van der Waals surface area contributed by atoms with Gasteiger partial charge in [0.15, 0.2) is 0 Å². The first-order valence-electron chi connectivity index (χ1n) is 4.76. The Kier molecular flexibility index (Phi) is 3.01. The van der Waals surface area contributed by atoms with E-state index in [0.717, 1.165) is 13.1 Å². The van der Waals surface area contributed by atoms with Crippen molar-refractivity contribution in [1.29, 1.82) is 0 Å². The third kappa shape index (κ3) is 1.89. The zero-order valence-corrected chi connectivity index (χ0v) is 9.03. The van der Waals surface area contributed by atoms with Gasteiger partial charge in [-0.15, -0.1) is 11.3 Å². The highest BCUT2D eigenvalue weighted by atomic mass is 32.1. The van der Waals surface area contributed by atoms with E-state index in [-0.39, 0.29) is 0 Å². The van der Waals surface area contributed by atoms with Crippen molar-refractivity contribution in [2.45, 2.75) is 0 Å². The fourth-order valence-corrected chi connectivity index (χ4v) is 2.28. The van der Waals surface area contributed by atoms with E-state index in [9.17, 15) is 0 Å². The maximum Gasteiger partial charge on any atom is 0.0428 e. The summed E-state index contributed by atoms with van der Waals surface area (Å²) in [6.45, 7) is 1.95. The second kappa shape index (κ2) is 4.44. The van der Waals surface area contributed by atoms with Crippen molar-refractivity contribution in [3.8, 4) is 0 Å². The molecule has 0 saturated carbocycles. The average molecular weight is 206 g/mol. The number of anilines is 1. The maximum atomic E-state index is 3.42. The molecule has 14 heavy (non-hydrogen) atoms. The molecular formula is C11H14N2S. The largest absolute Gasteiger partial charge is 0.383 e. The van der Waals surface area contributed by atoms with E-state index in [1.165, 1.54) is 15.8 Å². The summed E-state index contributed by atoms with van der Waals surface area (Å²) < 4.78 is 1.35. The summed E-state index contributed by atoms with van der Waals surface area (Å²) >= 11 is 1.79. The second-order valence-electron chi connectivity index (χ2n) is 3.17. The van der Waals surface area contributed by atoms with Crippen LogP contribution in [0.3, 0.4) is 0 Å². The standard InChI is InChI=1S/C11H14N2S/c1-12-6-7-13-10-3-2-4-11-9(10)5-8-14-11/h2-5,8,12-13H,6-7H2,1H3. The van der Waals surface area contributed by atoms with Gasteiger partial charge in [0.1, 0.15) is 0 Å². The van der Waals surface area contributed by atoms with Gasteiger partial charge in [0, 0.05) is 28.9 Å². The number of benzene rings is 1. The molecular weight excluding hydrogens is 192 g/mol. The lowest BCUT2D eigenvalue weighted by Crippen LogP contribution is -2.17. The maximum absolute atomic E-state index is 3.42. The molecule has 0 fully saturated rings. The van der Waals surface area contributed by atoms with Gasteiger partial charge < -0.3 is 10.6 Å². The smallest absolute Gasteiger partial charge is 0.0428 e. The van der Waals surface area contributed by atoms with Crippen LogP contribution in [0.15, 0.2) is 29.6 Å². The molecule has 2 rings (SSSR count). The lowest BCUT2D eigenvalue weighted by molar-refractivity contribution is 0.824. The Bertz CT molecular complexity index is 408. The van der Waals surface area contributed by atoms with Crippen molar-refractivity contribution in [2.75, 3.05) is 25.5 Å². The van der Waals surface area contributed by atoms with Crippen LogP contribution in [0, 0.1) is 0 Å². The molecule has 2 nitrogen and oxygen atoms in total. The zero-order valence-electron chi connectivity index (χ0n) is 8.21. The van der Waals surface area contributed by atoms with Crippen molar-refractivity contribution in [2.24, 2.45) is 0 Å². The Morgan fingerprint density at radius 2 is 2.14 bits per heavy atom. The van der Waals surface area contributed by atoms with Crippen molar-refractivity contribution >= 4 is 27.1 Å². The summed E-state index contributed by atoms with van der Waals surface area (Å²) in [5, 5.41) is 10.00. The van der Waals surface area contributed by atoms with Crippen LogP contribution in [0.25, 0.3) is 10.1 Å². The van der Waals surface area contributed by atoms with E-state index >= 15 is 0 Å². The van der Waals surface area contributed by atoms with Gasteiger partial charge in [0.2, 0.25) is 0 Å². The topological polar surface area (TPSA) is 24.1 Å². The first kappa shape index (κ1) is 9.49. The highest BCUT2D eigenvalue weighted by Crippen LogP contribution is 2.27. The number of fused-ring (bicyclic) bond motifs is 1. The fraction of sp³-hybridized carbons (Fsp3) is 0.273. The quantitative estimate of drug-likeness (QED) is 0.751. The summed E-state index contributed by atoms with van der Waals surface area (Å²) in [6.07, 6.45) is 0. The van der Waals surface area contributed by atoms with E-state index in [1.807, 2.05) is 7.05 Å². The lowest BCUT2D eigenvalue weighted by atomic mass is 10.2. The highest BCUT2D eigenvalue weighted by Gasteiger charge is 1.99. The molecule has 2 N–H and O–H groups in total. The van der Waals surface area contributed by atoms with Gasteiger partial charge in [-0.05, 0) is 30.6 Å². The minimum absolute atomic E-state index is 0.964. The number of nitrogens with one attached hydrogen (secondary N) is 2. The molecule has 2 aromatic rings. The van der Waals surface area contributed by atoms with Crippen molar-refractivity contribution < 1.29 is 0 Å². The van der Waals surface area contributed by atoms with Crippen LogP contribution in [-0.4, -0.2) is 20.1 Å². The SMILES string of the molecule is CNCCNc1cccc2sccc12. The van der Waals surface area contributed by atoms with Crippen LogP contribution in [0.2, 0.25) is 0 Å². The van der Waals surface area contributed by atoms with E-state index in [4.69, 9.17) is 0 Å². The average Bonchev–Trinajstić information content (AvgIpc) is 2.67. The molecule has 1 aromatic carbocycles. The second-order valence-corrected chi connectivity index (χ2v) is 4.12. The van der Waals surface area contributed by atoms with E-state index < -0.39 is 0 Å². The van der Waals surface area contributed by atoms with Crippen LogP contribution in [0.1, 0.15) is 0 Å². The fourth-order valence-electron chi connectivity index (χ4n) is 1.47. The predicted octanol–water partition coefficient (Wildman–Crippen LogP) is 2.53. The Morgan fingerprint density at radius 3 is 3.00 bits per heavy atom. The van der Waals surface area contributed by atoms with Crippen LogP contribution in [0.5, 0.6) is 0 Å². The molecule has 0 aliphatic carbocycles. The van der Waals surface area contributed by atoms with E-state index in [2.05, 4.69) is 40.3 Å². The molecule has 0 saturated heterocycles. The molecule has 0 bridgehead atoms. The molecule has 0 aliphatic heterocycles. The molecule has 0 spiro atoms.